The van der Waals surface area contributed by atoms with Crippen LogP contribution < -0.4 is 9.13 Å². The monoisotopic (exact) mass is 278 g/mol. The van der Waals surface area contributed by atoms with Crippen molar-refractivity contribution in [3.63, 3.8) is 0 Å². The maximum atomic E-state index is 2.30. The summed E-state index contributed by atoms with van der Waals surface area (Å²) >= 11 is 0. The molecule has 0 spiro atoms. The van der Waals surface area contributed by atoms with Gasteiger partial charge in [-0.3, -0.25) is 4.57 Å². The Balaban J connectivity index is 2.25. The van der Waals surface area contributed by atoms with E-state index in [0.717, 1.165) is 6.42 Å². The van der Waals surface area contributed by atoms with Crippen LogP contribution in [-0.2, 0) is 7.05 Å². The minimum atomic E-state index is 1.05. The van der Waals surface area contributed by atoms with E-state index in [1.54, 1.807) is 0 Å². The molecule has 2 heteroatoms. The number of aromatic nitrogens is 2. The van der Waals surface area contributed by atoms with Gasteiger partial charge in [-0.05, 0) is 23.7 Å². The Hall–Kier alpha value is -2.22. The van der Waals surface area contributed by atoms with Crippen molar-refractivity contribution in [3.05, 3.63) is 60.4 Å². The summed E-state index contributed by atoms with van der Waals surface area (Å²) in [7, 11) is 2.11. The highest BCUT2D eigenvalue weighted by Crippen LogP contribution is 2.25. The van der Waals surface area contributed by atoms with Crippen LogP contribution in [-0.4, -0.2) is 0 Å². The summed E-state index contributed by atoms with van der Waals surface area (Å²) in [6.07, 6.45) is 5.33. The Morgan fingerprint density at radius 3 is 2.43 bits per heavy atom. The molecule has 3 aromatic rings. The van der Waals surface area contributed by atoms with E-state index in [1.807, 2.05) is 0 Å². The molecule has 0 fully saturated rings. The number of aryl methyl sites for hydroxylation is 2. The Kier molecular flexibility index (Phi) is 3.46. The molecule has 3 rings (SSSR count). The second-order valence-electron chi connectivity index (χ2n) is 5.71. The van der Waals surface area contributed by atoms with Crippen LogP contribution in [0.15, 0.2) is 48.8 Å². The number of nitrogens with zero attached hydrogens (tertiary/aromatic N) is 2. The minimum Gasteiger partial charge on any atom is -0.426 e. The molecule has 2 aromatic carbocycles. The van der Waals surface area contributed by atoms with E-state index in [1.165, 1.54) is 33.8 Å². The molecule has 21 heavy (non-hydrogen) atoms. The van der Waals surface area contributed by atoms with Gasteiger partial charge in [0.2, 0.25) is 5.82 Å². The summed E-state index contributed by atoms with van der Waals surface area (Å²) in [5.74, 6) is 1.25. The molecule has 1 heterocycles. The fourth-order valence-electron chi connectivity index (χ4n) is 2.87. The number of imidazole rings is 1. The molecule has 0 aliphatic heterocycles. The van der Waals surface area contributed by atoms with Crippen molar-refractivity contribution in [2.75, 3.05) is 0 Å². The lowest BCUT2D eigenvalue weighted by molar-refractivity contribution is -0.745. The van der Waals surface area contributed by atoms with E-state index in [2.05, 4.69) is 85.7 Å². The lowest BCUT2D eigenvalue weighted by atomic mass is 10.0. The molecule has 0 unspecified atom stereocenters. The molecule has 0 atom stereocenters. The molecule has 0 aliphatic rings. The zero-order valence-electron chi connectivity index (χ0n) is 13.2. The molecule has 1 aromatic heterocycles. The van der Waals surface area contributed by atoms with E-state index in [9.17, 15) is 0 Å². The lowest BCUT2D eigenvalue weighted by Gasteiger charge is -2.21. The van der Waals surface area contributed by atoms with Crippen LogP contribution in [0.2, 0.25) is 0 Å². The molecule has 0 radical (unpaired) electrons. The van der Waals surface area contributed by atoms with Gasteiger partial charge in [0.05, 0.1) is 0 Å². The molecular weight excluding hydrogens is 256 g/mol. The van der Waals surface area contributed by atoms with Gasteiger partial charge in [-0.25, -0.2) is 0 Å². The summed E-state index contributed by atoms with van der Waals surface area (Å²) in [6.45, 7) is 6.59. The topological polar surface area (TPSA) is 7.76 Å². The van der Waals surface area contributed by atoms with E-state index < -0.39 is 0 Å². The molecule has 0 saturated heterocycles. The normalized spacial score (nSPS) is 11.0. The van der Waals surface area contributed by atoms with Crippen LogP contribution in [0.3, 0.4) is 0 Å². The van der Waals surface area contributed by atoms with E-state index in [0.29, 0.717) is 0 Å². The second kappa shape index (κ2) is 5.28. The predicted octanol–water partition coefficient (Wildman–Crippen LogP) is 3.46. The molecule has 0 amide bonds. The van der Waals surface area contributed by atoms with Crippen LogP contribution in [0, 0.1) is 13.0 Å². The van der Waals surface area contributed by atoms with E-state index in [4.69, 9.17) is 0 Å². The lowest BCUT2D eigenvalue weighted by Crippen LogP contribution is -2.44. The highest BCUT2D eigenvalue weighted by Gasteiger charge is 2.15. The van der Waals surface area contributed by atoms with Crippen molar-refractivity contribution in [1.82, 2.24) is 0 Å². The van der Waals surface area contributed by atoms with Gasteiger partial charge >= 0.3 is 0 Å². The number of fused-ring (bicyclic) bond motifs is 1. The Morgan fingerprint density at radius 2 is 1.76 bits per heavy atom. The molecule has 108 valence electrons. The predicted molar refractivity (Wildman–Crippen MR) is 85.7 cm³/mol. The molecule has 2 nitrogen and oxygen atoms in total. The van der Waals surface area contributed by atoms with Crippen LogP contribution in [0.4, 0.5) is 0 Å². The van der Waals surface area contributed by atoms with Crippen LogP contribution >= 0.6 is 0 Å². The quantitative estimate of drug-likeness (QED) is 0.512. The van der Waals surface area contributed by atoms with Crippen LogP contribution in [0.25, 0.3) is 22.2 Å². The number of hydrogen-bond acceptors (Lipinski definition) is 0. The number of benzene rings is 2. The fourth-order valence-corrected chi connectivity index (χ4v) is 2.87. The largest absolute Gasteiger partial charge is 0.426 e. The van der Waals surface area contributed by atoms with Gasteiger partial charge in [-0.15, -0.1) is 0 Å². The summed E-state index contributed by atoms with van der Waals surface area (Å²) in [4.78, 5) is 0. The van der Waals surface area contributed by atoms with E-state index >= 15 is 0 Å². The SMILES string of the molecule is CC[C-](C)[n+]1cc[n+](C)[c-]1-c1cc2ccccc2cc1C. The maximum Gasteiger partial charge on any atom is 0.239 e. The van der Waals surface area contributed by atoms with Crippen LogP contribution in [0.1, 0.15) is 25.8 Å². The summed E-state index contributed by atoms with van der Waals surface area (Å²) < 4.78 is 4.51. The highest BCUT2D eigenvalue weighted by molar-refractivity contribution is 5.87. The van der Waals surface area contributed by atoms with Gasteiger partial charge in [0.1, 0.15) is 13.2 Å². The Morgan fingerprint density at radius 1 is 1.10 bits per heavy atom. The first-order valence-electron chi connectivity index (χ1n) is 7.51. The van der Waals surface area contributed by atoms with Crippen molar-refractivity contribution in [2.24, 2.45) is 7.05 Å². The zero-order chi connectivity index (χ0) is 15.0. The Labute approximate surface area is 126 Å². The third kappa shape index (κ3) is 2.31. The molecule has 0 N–H and O–H groups in total. The van der Waals surface area contributed by atoms with Crippen LogP contribution in [0.5, 0.6) is 0 Å². The molecular formula is C19H22N2. The van der Waals surface area contributed by atoms with Gasteiger partial charge in [0, 0.05) is 11.8 Å². The smallest absolute Gasteiger partial charge is 0.239 e. The summed E-state index contributed by atoms with van der Waals surface area (Å²) in [5, 5.41) is 2.59. The average Bonchev–Trinajstić information content (AvgIpc) is 2.87. The van der Waals surface area contributed by atoms with Crippen molar-refractivity contribution >= 4 is 10.8 Å². The number of hydrogen-bond donors (Lipinski definition) is 0. The number of rotatable bonds is 3. The van der Waals surface area contributed by atoms with Gasteiger partial charge in [0.25, 0.3) is 0 Å². The van der Waals surface area contributed by atoms with Crippen molar-refractivity contribution in [2.45, 2.75) is 27.2 Å². The first kappa shape index (κ1) is 13.7. The van der Waals surface area contributed by atoms with Gasteiger partial charge < -0.3 is 4.57 Å². The van der Waals surface area contributed by atoms with Crippen molar-refractivity contribution < 1.29 is 9.13 Å². The van der Waals surface area contributed by atoms with Gasteiger partial charge in [-0.2, -0.15) is 0 Å². The summed E-state index contributed by atoms with van der Waals surface area (Å²) in [6, 6.07) is 14.5. The fraction of sp³-hybridized carbons (Fsp3) is 0.263. The third-order valence-corrected chi connectivity index (χ3v) is 4.26. The maximum absolute atomic E-state index is 2.30. The van der Waals surface area contributed by atoms with Gasteiger partial charge in [0.15, 0.2) is 0 Å². The summed E-state index contributed by atoms with van der Waals surface area (Å²) in [5.41, 5.74) is 2.61. The zero-order valence-corrected chi connectivity index (χ0v) is 13.2. The average molecular weight is 278 g/mol. The molecule has 0 aliphatic carbocycles. The first-order chi connectivity index (χ1) is 10.1. The Bertz CT molecular complexity index is 783. The van der Waals surface area contributed by atoms with Crippen molar-refractivity contribution in [3.8, 4) is 11.4 Å². The minimum absolute atomic E-state index is 1.05. The van der Waals surface area contributed by atoms with Crippen molar-refractivity contribution in [1.29, 1.82) is 0 Å². The highest BCUT2D eigenvalue weighted by atomic mass is 15.1. The molecule has 0 bridgehead atoms. The second-order valence-corrected chi connectivity index (χ2v) is 5.71. The third-order valence-electron chi connectivity index (χ3n) is 4.26. The van der Waals surface area contributed by atoms with Gasteiger partial charge in [-0.1, -0.05) is 62.2 Å². The molecule has 0 saturated carbocycles. The first-order valence-corrected chi connectivity index (χ1v) is 7.51. The van der Waals surface area contributed by atoms with E-state index in [-0.39, 0.29) is 0 Å². The standard InChI is InChI=1S/C19H22N2/c1-5-15(3)21-11-10-20(4)19(21)18-13-17-9-7-6-8-16(17)12-14(18)2/h6-13H,5H2,1-4H3.